The van der Waals surface area contributed by atoms with E-state index < -0.39 is 6.17 Å². The standard InChI is InChI=1S/C18H22FN7/c1-26-17-14(9-22-26)16(23-13-7-12(19)8-13)24-18(25-17)21-10-15(20)11-5-3-2-4-6-11/h2-6,9,12-13,15H,7-8,10,20H2,1H3,(H2,21,23,24,25)/t12?,13?,15-/m0/s1. The Bertz CT molecular complexity index is 889. The molecule has 26 heavy (non-hydrogen) atoms. The molecule has 4 N–H and O–H groups in total. The molecule has 7 nitrogen and oxygen atoms in total. The molecule has 1 saturated carbocycles. The Morgan fingerprint density at radius 3 is 2.77 bits per heavy atom. The Hall–Kier alpha value is -2.74. The van der Waals surface area contributed by atoms with Crippen LogP contribution in [0.15, 0.2) is 36.5 Å². The van der Waals surface area contributed by atoms with E-state index in [9.17, 15) is 4.39 Å². The van der Waals surface area contributed by atoms with Crippen molar-refractivity contribution in [3.63, 3.8) is 0 Å². The molecule has 4 rings (SSSR count). The summed E-state index contributed by atoms with van der Waals surface area (Å²) < 4.78 is 14.8. The molecular weight excluding hydrogens is 333 g/mol. The zero-order valence-electron chi connectivity index (χ0n) is 14.6. The van der Waals surface area contributed by atoms with Crippen LogP contribution >= 0.6 is 0 Å². The zero-order valence-corrected chi connectivity index (χ0v) is 14.6. The van der Waals surface area contributed by atoms with Crippen LogP contribution in [0.1, 0.15) is 24.4 Å². The van der Waals surface area contributed by atoms with Crippen molar-refractivity contribution in [2.24, 2.45) is 12.8 Å². The molecule has 0 unspecified atom stereocenters. The van der Waals surface area contributed by atoms with Gasteiger partial charge >= 0.3 is 0 Å². The lowest BCUT2D eigenvalue weighted by Crippen LogP contribution is -2.37. The van der Waals surface area contributed by atoms with Gasteiger partial charge < -0.3 is 16.4 Å². The monoisotopic (exact) mass is 355 g/mol. The second-order valence-corrected chi connectivity index (χ2v) is 6.71. The molecule has 1 aromatic carbocycles. The number of nitrogens with zero attached hydrogens (tertiary/aromatic N) is 4. The van der Waals surface area contributed by atoms with E-state index in [0.717, 1.165) is 16.6 Å². The third-order valence-electron chi connectivity index (χ3n) is 4.72. The minimum atomic E-state index is -0.722. The molecule has 1 aliphatic carbocycles. The Balaban J connectivity index is 1.53. The van der Waals surface area contributed by atoms with Gasteiger partial charge in [-0.2, -0.15) is 15.1 Å². The molecule has 0 aliphatic heterocycles. The van der Waals surface area contributed by atoms with Crippen LogP contribution in [0, 0.1) is 0 Å². The Morgan fingerprint density at radius 1 is 1.27 bits per heavy atom. The Labute approximate surface area is 150 Å². The number of nitrogens with two attached hydrogens (primary N) is 1. The first-order valence-corrected chi connectivity index (χ1v) is 8.75. The summed E-state index contributed by atoms with van der Waals surface area (Å²) in [7, 11) is 1.83. The summed E-state index contributed by atoms with van der Waals surface area (Å²) >= 11 is 0. The van der Waals surface area contributed by atoms with Crippen molar-refractivity contribution in [3.8, 4) is 0 Å². The number of hydrogen-bond acceptors (Lipinski definition) is 6. The van der Waals surface area contributed by atoms with E-state index in [0.29, 0.717) is 31.2 Å². The number of aromatic nitrogens is 4. The molecule has 2 aromatic heterocycles. The third kappa shape index (κ3) is 3.32. The fourth-order valence-electron chi connectivity index (χ4n) is 3.09. The molecule has 3 aromatic rings. The van der Waals surface area contributed by atoms with Gasteiger partial charge in [0.1, 0.15) is 12.0 Å². The number of aryl methyl sites for hydroxylation is 1. The first-order valence-electron chi connectivity index (χ1n) is 8.75. The van der Waals surface area contributed by atoms with Gasteiger partial charge in [-0.25, -0.2) is 4.39 Å². The van der Waals surface area contributed by atoms with E-state index in [1.54, 1.807) is 10.9 Å². The summed E-state index contributed by atoms with van der Waals surface area (Å²) in [5.74, 6) is 1.15. The molecule has 2 heterocycles. The molecule has 0 amide bonds. The van der Waals surface area contributed by atoms with Crippen LogP contribution in [-0.4, -0.2) is 38.5 Å². The number of benzene rings is 1. The van der Waals surface area contributed by atoms with Gasteiger partial charge in [-0.05, 0) is 18.4 Å². The van der Waals surface area contributed by atoms with E-state index in [1.807, 2.05) is 37.4 Å². The van der Waals surface area contributed by atoms with Gasteiger partial charge in [0.2, 0.25) is 5.95 Å². The lowest BCUT2D eigenvalue weighted by Gasteiger charge is -2.30. The number of hydrogen-bond donors (Lipinski definition) is 3. The van der Waals surface area contributed by atoms with Gasteiger partial charge in [-0.3, -0.25) is 4.68 Å². The molecule has 1 aliphatic rings. The third-order valence-corrected chi connectivity index (χ3v) is 4.72. The van der Waals surface area contributed by atoms with Gasteiger partial charge in [0.25, 0.3) is 0 Å². The van der Waals surface area contributed by atoms with E-state index in [4.69, 9.17) is 5.73 Å². The summed E-state index contributed by atoms with van der Waals surface area (Å²) in [6, 6.07) is 9.81. The maximum Gasteiger partial charge on any atom is 0.226 e. The molecule has 1 fully saturated rings. The maximum absolute atomic E-state index is 13.1. The van der Waals surface area contributed by atoms with Crippen molar-refractivity contribution < 1.29 is 4.39 Å². The van der Waals surface area contributed by atoms with Gasteiger partial charge in [0.05, 0.1) is 11.6 Å². The van der Waals surface area contributed by atoms with Crippen LogP contribution in [0.4, 0.5) is 16.2 Å². The average molecular weight is 355 g/mol. The Kier molecular flexibility index (Phi) is 4.42. The number of alkyl halides is 1. The summed E-state index contributed by atoms with van der Waals surface area (Å²) in [6.45, 7) is 0.503. The lowest BCUT2D eigenvalue weighted by molar-refractivity contribution is 0.192. The van der Waals surface area contributed by atoms with Crippen molar-refractivity contribution in [2.75, 3.05) is 17.2 Å². The summed E-state index contributed by atoms with van der Waals surface area (Å²) in [6.07, 6.45) is 2.02. The van der Waals surface area contributed by atoms with Crippen molar-refractivity contribution in [3.05, 3.63) is 42.1 Å². The number of anilines is 2. The van der Waals surface area contributed by atoms with Crippen molar-refractivity contribution in [1.82, 2.24) is 19.7 Å². The molecule has 136 valence electrons. The SMILES string of the molecule is Cn1ncc2c(NC3CC(F)C3)nc(NC[C@H](N)c3ccccc3)nc21. The molecule has 1 atom stereocenters. The lowest BCUT2D eigenvalue weighted by atomic mass is 9.91. The molecule has 8 heteroatoms. The van der Waals surface area contributed by atoms with Crippen molar-refractivity contribution in [1.29, 1.82) is 0 Å². The van der Waals surface area contributed by atoms with Gasteiger partial charge in [0.15, 0.2) is 5.65 Å². The van der Waals surface area contributed by atoms with Gasteiger partial charge in [-0.15, -0.1) is 0 Å². The summed E-state index contributed by atoms with van der Waals surface area (Å²) in [5, 5.41) is 11.6. The second-order valence-electron chi connectivity index (χ2n) is 6.71. The molecule has 0 bridgehead atoms. The molecular formula is C18H22FN7. The average Bonchev–Trinajstić information content (AvgIpc) is 3.00. The number of fused-ring (bicyclic) bond motifs is 1. The molecule has 0 saturated heterocycles. The molecule has 0 radical (unpaired) electrons. The zero-order chi connectivity index (χ0) is 18.1. The number of nitrogens with one attached hydrogen (secondary N) is 2. The van der Waals surface area contributed by atoms with Crippen LogP contribution in [-0.2, 0) is 7.05 Å². The Morgan fingerprint density at radius 2 is 2.04 bits per heavy atom. The quantitative estimate of drug-likeness (QED) is 0.629. The van der Waals surface area contributed by atoms with E-state index in [-0.39, 0.29) is 12.1 Å². The predicted molar refractivity (Wildman–Crippen MR) is 99.7 cm³/mol. The maximum atomic E-state index is 13.1. The summed E-state index contributed by atoms with van der Waals surface area (Å²) in [5.41, 5.74) is 8.00. The highest BCUT2D eigenvalue weighted by Crippen LogP contribution is 2.29. The van der Waals surface area contributed by atoms with Crippen molar-refractivity contribution >= 4 is 22.8 Å². The van der Waals surface area contributed by atoms with E-state index in [1.165, 1.54) is 0 Å². The second kappa shape index (κ2) is 6.87. The fourth-order valence-corrected chi connectivity index (χ4v) is 3.09. The minimum Gasteiger partial charge on any atom is -0.366 e. The highest BCUT2D eigenvalue weighted by atomic mass is 19.1. The van der Waals surface area contributed by atoms with E-state index in [2.05, 4.69) is 25.7 Å². The number of rotatable bonds is 6. The minimum absolute atomic E-state index is 0.0998. The van der Waals surface area contributed by atoms with E-state index >= 15 is 0 Å². The van der Waals surface area contributed by atoms with Crippen LogP contribution in [0.2, 0.25) is 0 Å². The highest BCUT2D eigenvalue weighted by molar-refractivity contribution is 5.87. The first-order chi connectivity index (χ1) is 12.6. The highest BCUT2D eigenvalue weighted by Gasteiger charge is 2.29. The van der Waals surface area contributed by atoms with Crippen molar-refractivity contribution in [2.45, 2.75) is 31.1 Å². The smallest absolute Gasteiger partial charge is 0.226 e. The first kappa shape index (κ1) is 16.7. The normalized spacial score (nSPS) is 20.6. The van der Waals surface area contributed by atoms with Crippen LogP contribution in [0.3, 0.4) is 0 Å². The predicted octanol–water partition coefficient (Wildman–Crippen LogP) is 2.39. The summed E-state index contributed by atoms with van der Waals surface area (Å²) in [4.78, 5) is 9.10. The van der Waals surface area contributed by atoms with Crippen LogP contribution in [0.5, 0.6) is 0 Å². The number of halogens is 1. The molecule has 0 spiro atoms. The topological polar surface area (TPSA) is 93.7 Å². The van der Waals surface area contributed by atoms with Crippen LogP contribution < -0.4 is 16.4 Å². The van der Waals surface area contributed by atoms with Crippen LogP contribution in [0.25, 0.3) is 11.0 Å². The largest absolute Gasteiger partial charge is 0.366 e. The van der Waals surface area contributed by atoms with Gasteiger partial charge in [-0.1, -0.05) is 30.3 Å². The fraction of sp³-hybridized carbons (Fsp3) is 0.389. The van der Waals surface area contributed by atoms with Gasteiger partial charge in [0, 0.05) is 25.7 Å².